The molecule has 23 heavy (non-hydrogen) atoms. The first-order chi connectivity index (χ1) is 11.1. The van der Waals surface area contributed by atoms with Crippen LogP contribution >= 0.6 is 22.9 Å². The predicted octanol–water partition coefficient (Wildman–Crippen LogP) is 3.80. The van der Waals surface area contributed by atoms with Gasteiger partial charge in [0, 0.05) is 16.4 Å². The first kappa shape index (κ1) is 18.0. The number of hydrogen-bond donors (Lipinski definition) is 1. The summed E-state index contributed by atoms with van der Waals surface area (Å²) in [7, 11) is 4.07. The van der Waals surface area contributed by atoms with Crippen molar-refractivity contribution in [3.63, 3.8) is 0 Å². The van der Waals surface area contributed by atoms with Crippen LogP contribution < -0.4 is 5.32 Å². The van der Waals surface area contributed by atoms with Crippen LogP contribution in [-0.4, -0.2) is 38.0 Å². The smallest absolute Gasteiger partial charge is 0.227 e. The van der Waals surface area contributed by atoms with Gasteiger partial charge in [-0.1, -0.05) is 29.8 Å². The van der Waals surface area contributed by atoms with Crippen molar-refractivity contribution in [2.24, 2.45) is 0 Å². The van der Waals surface area contributed by atoms with Crippen molar-refractivity contribution < 1.29 is 4.79 Å². The second-order valence-corrected chi connectivity index (χ2v) is 7.30. The minimum atomic E-state index is -0.176. The molecule has 2 aromatic rings. The average Bonchev–Trinajstić information content (AvgIpc) is 3.03. The Balaban J connectivity index is 2.03. The molecule has 0 saturated carbocycles. The van der Waals surface area contributed by atoms with Crippen molar-refractivity contribution >= 4 is 28.8 Å². The summed E-state index contributed by atoms with van der Waals surface area (Å²) in [5.74, 6) is -0.0928. The lowest BCUT2D eigenvalue weighted by molar-refractivity contribution is -0.122. The van der Waals surface area contributed by atoms with Gasteiger partial charge in [0.2, 0.25) is 5.91 Å². The Morgan fingerprint density at radius 1 is 1.26 bits per heavy atom. The average molecular weight is 351 g/mol. The molecule has 0 fully saturated rings. The second kappa shape index (κ2) is 9.06. The SMILES string of the molecule is CN(C)CCCNC(=O)C(Cc1cccs1)c1ccc(Cl)cc1. The van der Waals surface area contributed by atoms with Gasteiger partial charge in [-0.25, -0.2) is 0 Å². The van der Waals surface area contributed by atoms with E-state index in [0.29, 0.717) is 11.6 Å². The normalized spacial score (nSPS) is 12.3. The van der Waals surface area contributed by atoms with Gasteiger partial charge in [-0.2, -0.15) is 0 Å². The fourth-order valence-electron chi connectivity index (χ4n) is 2.42. The number of rotatable bonds is 8. The van der Waals surface area contributed by atoms with E-state index in [1.54, 1.807) is 11.3 Å². The molecule has 1 unspecified atom stereocenters. The predicted molar refractivity (Wildman–Crippen MR) is 98.4 cm³/mol. The zero-order chi connectivity index (χ0) is 16.7. The van der Waals surface area contributed by atoms with Crippen molar-refractivity contribution in [2.75, 3.05) is 27.2 Å². The Hall–Kier alpha value is -1.36. The highest BCUT2D eigenvalue weighted by Gasteiger charge is 2.21. The molecule has 1 N–H and O–H groups in total. The lowest BCUT2D eigenvalue weighted by Gasteiger charge is -2.17. The summed E-state index contributed by atoms with van der Waals surface area (Å²) in [6.07, 6.45) is 1.67. The van der Waals surface area contributed by atoms with Crippen LogP contribution in [0.1, 0.15) is 22.8 Å². The number of nitrogens with zero attached hydrogens (tertiary/aromatic N) is 1. The molecule has 0 aliphatic carbocycles. The number of halogens is 1. The Labute approximate surface area is 147 Å². The van der Waals surface area contributed by atoms with Crippen LogP contribution in [0.15, 0.2) is 41.8 Å². The van der Waals surface area contributed by atoms with Gasteiger partial charge in [0.25, 0.3) is 0 Å². The van der Waals surface area contributed by atoms with Gasteiger partial charge in [0.1, 0.15) is 0 Å². The summed E-state index contributed by atoms with van der Waals surface area (Å²) in [4.78, 5) is 16.0. The van der Waals surface area contributed by atoms with Crippen molar-refractivity contribution in [1.29, 1.82) is 0 Å². The van der Waals surface area contributed by atoms with E-state index in [-0.39, 0.29) is 11.8 Å². The van der Waals surface area contributed by atoms with Crippen LogP contribution in [0.5, 0.6) is 0 Å². The summed E-state index contributed by atoms with van der Waals surface area (Å²) >= 11 is 7.65. The standard InChI is InChI=1S/C18H23ClN2OS/c1-21(2)11-4-10-20-18(22)17(13-16-5-3-12-23-16)14-6-8-15(19)9-7-14/h3,5-9,12,17H,4,10-11,13H2,1-2H3,(H,20,22). The minimum Gasteiger partial charge on any atom is -0.356 e. The van der Waals surface area contributed by atoms with E-state index in [9.17, 15) is 4.79 Å². The summed E-state index contributed by atoms with van der Waals surface area (Å²) in [5.41, 5.74) is 1.01. The maximum Gasteiger partial charge on any atom is 0.227 e. The third-order valence-corrected chi connectivity index (χ3v) is 4.81. The zero-order valence-corrected chi connectivity index (χ0v) is 15.2. The molecule has 0 radical (unpaired) electrons. The highest BCUT2D eigenvalue weighted by atomic mass is 35.5. The molecule has 124 valence electrons. The molecule has 0 spiro atoms. The van der Waals surface area contributed by atoms with Crippen LogP contribution in [0.3, 0.4) is 0 Å². The van der Waals surface area contributed by atoms with E-state index in [2.05, 4.69) is 16.3 Å². The van der Waals surface area contributed by atoms with Crippen molar-refractivity contribution in [2.45, 2.75) is 18.8 Å². The number of carbonyl (C=O) groups is 1. The third-order valence-electron chi connectivity index (χ3n) is 3.66. The topological polar surface area (TPSA) is 32.3 Å². The molecule has 1 aromatic carbocycles. The molecule has 3 nitrogen and oxygen atoms in total. The number of carbonyl (C=O) groups excluding carboxylic acids is 1. The lowest BCUT2D eigenvalue weighted by Crippen LogP contribution is -2.32. The number of hydrogen-bond acceptors (Lipinski definition) is 3. The van der Waals surface area contributed by atoms with Gasteiger partial charge in [-0.15, -0.1) is 11.3 Å². The quantitative estimate of drug-likeness (QED) is 0.734. The van der Waals surface area contributed by atoms with Gasteiger partial charge in [-0.3, -0.25) is 4.79 Å². The van der Waals surface area contributed by atoms with Gasteiger partial charge in [-0.05, 0) is 62.6 Å². The Morgan fingerprint density at radius 2 is 2.00 bits per heavy atom. The summed E-state index contributed by atoms with van der Waals surface area (Å²) in [6, 6.07) is 11.7. The van der Waals surface area contributed by atoms with E-state index in [1.165, 1.54) is 4.88 Å². The Bertz CT molecular complexity index is 596. The molecule has 2 rings (SSSR count). The minimum absolute atomic E-state index is 0.0829. The van der Waals surface area contributed by atoms with Crippen molar-refractivity contribution in [1.82, 2.24) is 10.2 Å². The zero-order valence-electron chi connectivity index (χ0n) is 13.6. The molecule has 1 atom stereocenters. The molecule has 5 heteroatoms. The molecule has 0 aliphatic heterocycles. The fourth-order valence-corrected chi connectivity index (χ4v) is 3.29. The molecule has 1 amide bonds. The molecule has 0 aliphatic rings. The first-order valence-electron chi connectivity index (χ1n) is 7.76. The van der Waals surface area contributed by atoms with Crippen molar-refractivity contribution in [3.05, 3.63) is 57.2 Å². The molecular formula is C18H23ClN2OS. The van der Waals surface area contributed by atoms with Gasteiger partial charge in [0.15, 0.2) is 0 Å². The van der Waals surface area contributed by atoms with Crippen LogP contribution in [0.4, 0.5) is 0 Å². The van der Waals surface area contributed by atoms with E-state index in [0.717, 1.165) is 24.9 Å². The number of nitrogens with one attached hydrogen (secondary N) is 1. The van der Waals surface area contributed by atoms with Gasteiger partial charge >= 0.3 is 0 Å². The van der Waals surface area contributed by atoms with Crippen LogP contribution in [0.2, 0.25) is 5.02 Å². The van der Waals surface area contributed by atoms with E-state index in [4.69, 9.17) is 11.6 Å². The number of benzene rings is 1. The van der Waals surface area contributed by atoms with E-state index >= 15 is 0 Å². The second-order valence-electron chi connectivity index (χ2n) is 5.84. The Kier molecular flexibility index (Phi) is 7.09. The van der Waals surface area contributed by atoms with Crippen LogP contribution in [0.25, 0.3) is 0 Å². The van der Waals surface area contributed by atoms with E-state index in [1.807, 2.05) is 49.8 Å². The molecule has 1 aromatic heterocycles. The highest BCUT2D eigenvalue weighted by molar-refractivity contribution is 7.09. The molecule has 0 saturated heterocycles. The maximum atomic E-state index is 12.6. The number of thiophene rings is 1. The molecule has 0 bridgehead atoms. The van der Waals surface area contributed by atoms with Gasteiger partial charge < -0.3 is 10.2 Å². The summed E-state index contributed by atoms with van der Waals surface area (Å²) in [5, 5.41) is 5.80. The maximum absolute atomic E-state index is 12.6. The van der Waals surface area contributed by atoms with E-state index < -0.39 is 0 Å². The lowest BCUT2D eigenvalue weighted by atomic mass is 9.94. The van der Waals surface area contributed by atoms with Crippen LogP contribution in [-0.2, 0) is 11.2 Å². The molecule has 1 heterocycles. The summed E-state index contributed by atoms with van der Waals surface area (Å²) in [6.45, 7) is 1.67. The Morgan fingerprint density at radius 3 is 2.61 bits per heavy atom. The van der Waals surface area contributed by atoms with Gasteiger partial charge in [0.05, 0.1) is 5.92 Å². The molecular weight excluding hydrogens is 328 g/mol. The van der Waals surface area contributed by atoms with Crippen molar-refractivity contribution in [3.8, 4) is 0 Å². The first-order valence-corrected chi connectivity index (χ1v) is 9.02. The van der Waals surface area contributed by atoms with Crippen LogP contribution in [0, 0.1) is 0 Å². The monoisotopic (exact) mass is 350 g/mol. The highest BCUT2D eigenvalue weighted by Crippen LogP contribution is 2.25. The largest absolute Gasteiger partial charge is 0.356 e. The fraction of sp³-hybridized carbons (Fsp3) is 0.389. The third kappa shape index (κ3) is 5.98. The number of amides is 1. The summed E-state index contributed by atoms with van der Waals surface area (Å²) < 4.78 is 0.